The van der Waals surface area contributed by atoms with Crippen LogP contribution in [0.25, 0.3) is 0 Å². The number of hydrogen-bond acceptors (Lipinski definition) is 3. The summed E-state index contributed by atoms with van der Waals surface area (Å²) in [7, 11) is 0. The van der Waals surface area contributed by atoms with E-state index in [0.717, 1.165) is 18.6 Å². The summed E-state index contributed by atoms with van der Waals surface area (Å²) in [6, 6.07) is 12.2. The zero-order valence-electron chi connectivity index (χ0n) is 12.1. The summed E-state index contributed by atoms with van der Waals surface area (Å²) in [6.45, 7) is 1.04. The van der Waals surface area contributed by atoms with E-state index in [-0.39, 0.29) is 17.9 Å². The molecule has 118 valence electrons. The minimum Gasteiger partial charge on any atom is -0.488 e. The molecule has 0 saturated heterocycles. The fourth-order valence-corrected chi connectivity index (χ4v) is 2.05. The number of hydrogen-bond donors (Lipinski definition) is 0. The van der Waals surface area contributed by atoms with Crippen LogP contribution in [0.5, 0.6) is 5.75 Å². The Morgan fingerprint density at radius 3 is 2.39 bits per heavy atom. The van der Waals surface area contributed by atoms with Gasteiger partial charge in [-0.05, 0) is 24.6 Å². The standard InChI is InChI=1S/C17H12F3NO2/c1-11(22)14-7-13(9-21)16(8-15(14)17(18,19)20)23-10-12-5-3-2-4-6-12/h2-8H,10H2,1H3. The number of Topliss-reactive ketones (excluding diaryl/α,β-unsaturated/α-hetero) is 1. The van der Waals surface area contributed by atoms with Gasteiger partial charge < -0.3 is 4.74 Å². The number of carbonyl (C=O) groups is 1. The Morgan fingerprint density at radius 2 is 1.87 bits per heavy atom. The molecule has 0 aliphatic rings. The molecule has 0 radical (unpaired) electrons. The highest BCUT2D eigenvalue weighted by atomic mass is 19.4. The zero-order valence-corrected chi connectivity index (χ0v) is 12.1. The van der Waals surface area contributed by atoms with Crippen LogP contribution in [0.1, 0.15) is 34.0 Å². The number of rotatable bonds is 4. The monoisotopic (exact) mass is 319 g/mol. The maximum atomic E-state index is 13.1. The van der Waals surface area contributed by atoms with Crippen LogP contribution in [-0.4, -0.2) is 5.78 Å². The van der Waals surface area contributed by atoms with E-state index >= 15 is 0 Å². The van der Waals surface area contributed by atoms with Gasteiger partial charge in [-0.3, -0.25) is 4.79 Å². The normalized spacial score (nSPS) is 10.9. The minimum absolute atomic E-state index is 0.0201. The number of ether oxygens (including phenoxy) is 1. The van der Waals surface area contributed by atoms with E-state index in [1.165, 1.54) is 0 Å². The predicted octanol–water partition coefficient (Wildman–Crippen LogP) is 4.36. The van der Waals surface area contributed by atoms with Gasteiger partial charge in [0.1, 0.15) is 18.4 Å². The van der Waals surface area contributed by atoms with Crippen LogP contribution in [0, 0.1) is 11.3 Å². The van der Waals surface area contributed by atoms with Crippen molar-refractivity contribution in [1.82, 2.24) is 0 Å². The highest BCUT2D eigenvalue weighted by molar-refractivity contribution is 5.96. The second kappa shape index (κ2) is 6.53. The first-order valence-electron chi connectivity index (χ1n) is 6.66. The van der Waals surface area contributed by atoms with Crippen LogP contribution >= 0.6 is 0 Å². The molecule has 0 heterocycles. The van der Waals surface area contributed by atoms with Gasteiger partial charge in [-0.2, -0.15) is 18.4 Å². The lowest BCUT2D eigenvalue weighted by Crippen LogP contribution is -2.13. The first kappa shape index (κ1) is 16.6. The quantitative estimate of drug-likeness (QED) is 0.787. The third-order valence-electron chi connectivity index (χ3n) is 3.16. The molecule has 2 aromatic carbocycles. The summed E-state index contributed by atoms with van der Waals surface area (Å²) in [5.74, 6) is -0.961. The second-order valence-corrected chi connectivity index (χ2v) is 4.83. The van der Waals surface area contributed by atoms with E-state index in [1.54, 1.807) is 36.4 Å². The van der Waals surface area contributed by atoms with E-state index in [9.17, 15) is 18.0 Å². The van der Waals surface area contributed by atoms with Crippen LogP contribution in [0.4, 0.5) is 13.2 Å². The van der Waals surface area contributed by atoms with Crippen LogP contribution in [0.15, 0.2) is 42.5 Å². The largest absolute Gasteiger partial charge is 0.488 e. The van der Waals surface area contributed by atoms with Crippen LogP contribution < -0.4 is 4.74 Å². The minimum atomic E-state index is -4.71. The number of benzene rings is 2. The first-order chi connectivity index (χ1) is 10.8. The van der Waals surface area contributed by atoms with Gasteiger partial charge in [0.15, 0.2) is 5.78 Å². The SMILES string of the molecule is CC(=O)c1cc(C#N)c(OCc2ccccc2)cc1C(F)(F)F. The van der Waals surface area contributed by atoms with Crippen LogP contribution in [0.2, 0.25) is 0 Å². The molecule has 2 aromatic rings. The van der Waals surface area contributed by atoms with Gasteiger partial charge in [0.05, 0.1) is 11.1 Å². The van der Waals surface area contributed by atoms with Crippen LogP contribution in [-0.2, 0) is 12.8 Å². The van der Waals surface area contributed by atoms with Gasteiger partial charge in [0.25, 0.3) is 0 Å². The molecule has 0 bridgehead atoms. The third kappa shape index (κ3) is 3.89. The van der Waals surface area contributed by atoms with Crippen molar-refractivity contribution in [3.05, 3.63) is 64.7 Å². The van der Waals surface area contributed by atoms with Gasteiger partial charge in [0.2, 0.25) is 0 Å². The number of nitrogens with zero attached hydrogens (tertiary/aromatic N) is 1. The van der Waals surface area contributed by atoms with Crippen molar-refractivity contribution in [2.75, 3.05) is 0 Å². The van der Waals surface area contributed by atoms with E-state index < -0.39 is 23.1 Å². The summed E-state index contributed by atoms with van der Waals surface area (Å²) in [5, 5.41) is 9.09. The van der Waals surface area contributed by atoms with Crippen LogP contribution in [0.3, 0.4) is 0 Å². The topological polar surface area (TPSA) is 50.1 Å². The summed E-state index contributed by atoms with van der Waals surface area (Å²) in [4.78, 5) is 11.4. The Labute approximate surface area is 130 Å². The smallest absolute Gasteiger partial charge is 0.417 e. The van der Waals surface area contributed by atoms with Crippen molar-refractivity contribution < 1.29 is 22.7 Å². The average molecular weight is 319 g/mol. The van der Waals surface area contributed by atoms with Crippen molar-refractivity contribution in [2.24, 2.45) is 0 Å². The second-order valence-electron chi connectivity index (χ2n) is 4.83. The van der Waals surface area contributed by atoms with E-state index in [1.807, 2.05) is 0 Å². The zero-order chi connectivity index (χ0) is 17.0. The van der Waals surface area contributed by atoms with Crippen molar-refractivity contribution in [3.63, 3.8) is 0 Å². The van der Waals surface area contributed by atoms with Crippen molar-refractivity contribution in [1.29, 1.82) is 5.26 Å². The maximum absolute atomic E-state index is 13.1. The lowest BCUT2D eigenvalue weighted by Gasteiger charge is -2.15. The fourth-order valence-electron chi connectivity index (χ4n) is 2.05. The van der Waals surface area contributed by atoms with E-state index in [4.69, 9.17) is 10.00 Å². The fraction of sp³-hybridized carbons (Fsp3) is 0.176. The molecule has 0 aliphatic heterocycles. The van der Waals surface area contributed by atoms with Gasteiger partial charge in [-0.1, -0.05) is 30.3 Å². The average Bonchev–Trinajstić information content (AvgIpc) is 2.52. The Kier molecular flexibility index (Phi) is 4.70. The molecule has 0 atom stereocenters. The van der Waals surface area contributed by atoms with Crippen molar-refractivity contribution in [2.45, 2.75) is 19.7 Å². The molecule has 0 N–H and O–H groups in total. The van der Waals surface area contributed by atoms with Gasteiger partial charge in [-0.25, -0.2) is 0 Å². The Bertz CT molecular complexity index is 762. The molecule has 0 spiro atoms. The number of halogens is 3. The molecule has 0 unspecified atom stereocenters. The maximum Gasteiger partial charge on any atom is 0.417 e. The molecule has 3 nitrogen and oxygen atoms in total. The number of carbonyl (C=O) groups excluding carboxylic acids is 1. The van der Waals surface area contributed by atoms with Gasteiger partial charge in [-0.15, -0.1) is 0 Å². The molecule has 0 aliphatic carbocycles. The van der Waals surface area contributed by atoms with Gasteiger partial charge >= 0.3 is 6.18 Å². The summed E-state index contributed by atoms with van der Waals surface area (Å²) in [5.41, 5.74) is -1.01. The summed E-state index contributed by atoms with van der Waals surface area (Å²) >= 11 is 0. The molecule has 6 heteroatoms. The number of ketones is 1. The highest BCUT2D eigenvalue weighted by Gasteiger charge is 2.35. The van der Waals surface area contributed by atoms with E-state index in [0.29, 0.717) is 6.07 Å². The highest BCUT2D eigenvalue weighted by Crippen LogP contribution is 2.36. The molecule has 0 saturated carbocycles. The lowest BCUT2D eigenvalue weighted by molar-refractivity contribution is -0.138. The summed E-state index contributed by atoms with van der Waals surface area (Å²) in [6.07, 6.45) is -4.71. The van der Waals surface area contributed by atoms with Crippen molar-refractivity contribution in [3.8, 4) is 11.8 Å². The molecule has 23 heavy (non-hydrogen) atoms. The van der Waals surface area contributed by atoms with Gasteiger partial charge in [0, 0.05) is 5.56 Å². The lowest BCUT2D eigenvalue weighted by atomic mass is 10.00. The molecule has 2 rings (SSSR count). The Morgan fingerprint density at radius 1 is 1.22 bits per heavy atom. The molecule has 0 fully saturated rings. The third-order valence-corrected chi connectivity index (χ3v) is 3.16. The molecule has 0 amide bonds. The predicted molar refractivity (Wildman–Crippen MR) is 76.9 cm³/mol. The molecular formula is C17H12F3NO2. The Hall–Kier alpha value is -2.81. The summed E-state index contributed by atoms with van der Waals surface area (Å²) < 4.78 is 44.6. The molecule has 0 aromatic heterocycles. The van der Waals surface area contributed by atoms with E-state index in [2.05, 4.69) is 0 Å². The number of alkyl halides is 3. The Balaban J connectivity index is 2.43. The molecular weight excluding hydrogens is 307 g/mol. The first-order valence-corrected chi connectivity index (χ1v) is 6.66. The van der Waals surface area contributed by atoms with Crippen molar-refractivity contribution >= 4 is 5.78 Å². The number of nitriles is 1.